The van der Waals surface area contributed by atoms with Gasteiger partial charge in [0.1, 0.15) is 11.6 Å². The summed E-state index contributed by atoms with van der Waals surface area (Å²) >= 11 is 0. The van der Waals surface area contributed by atoms with Gasteiger partial charge >= 0.3 is 0 Å². The molecule has 0 aliphatic heterocycles. The number of nitrogens with zero attached hydrogens (tertiary/aromatic N) is 1. The zero-order chi connectivity index (χ0) is 34.6. The van der Waals surface area contributed by atoms with Gasteiger partial charge in [0.2, 0.25) is 0 Å². The lowest BCUT2D eigenvalue weighted by Crippen LogP contribution is -2.41. The molecule has 1 N–H and O–H groups in total. The predicted molar refractivity (Wildman–Crippen MR) is 197 cm³/mol. The fraction of sp³-hybridized carbons (Fsp3) is 0.825. The number of hydrogen-bond donors (Lipinski definition) is 1. The number of carbonyl (C=O) groups is 2. The lowest BCUT2D eigenvalue weighted by Gasteiger charge is -2.32. The monoisotopic (exact) mass is 620 g/mol. The fourth-order valence-corrected chi connectivity index (χ4v) is 5.40. The van der Waals surface area contributed by atoms with Crippen molar-refractivity contribution in [2.24, 2.45) is 34.1 Å². The quantitative estimate of drug-likeness (QED) is 0.251. The van der Waals surface area contributed by atoms with Crippen LogP contribution in [0.15, 0.2) is 28.9 Å². The topological polar surface area (TPSA) is 66.7 Å². The van der Waals surface area contributed by atoms with Crippen LogP contribution in [0.1, 0.15) is 180 Å². The van der Waals surface area contributed by atoms with Crippen molar-refractivity contribution < 1.29 is 14.7 Å². The van der Waals surface area contributed by atoms with Gasteiger partial charge in [-0.25, -0.2) is 0 Å². The van der Waals surface area contributed by atoms with E-state index >= 15 is 0 Å². The highest BCUT2D eigenvalue weighted by Crippen LogP contribution is 2.32. The van der Waals surface area contributed by atoms with Crippen LogP contribution >= 0.6 is 0 Å². The van der Waals surface area contributed by atoms with Gasteiger partial charge in [-0.1, -0.05) is 146 Å². The molecule has 260 valence electrons. The maximum atomic E-state index is 12.8. The van der Waals surface area contributed by atoms with Gasteiger partial charge in [0.25, 0.3) is 0 Å². The first-order valence-electron chi connectivity index (χ1n) is 18.5. The molecule has 2 aliphatic carbocycles. The highest BCUT2D eigenvalue weighted by atomic mass is 16.3. The molecule has 44 heavy (non-hydrogen) atoms. The third kappa shape index (κ3) is 22.9. The molecule has 0 aromatic rings. The molecule has 4 heteroatoms. The molecule has 0 aromatic heterocycles. The Bertz CT molecular complexity index is 773. The van der Waals surface area contributed by atoms with Gasteiger partial charge in [-0.15, -0.1) is 0 Å². The summed E-state index contributed by atoms with van der Waals surface area (Å²) in [6, 6.07) is 0. The first kappa shape index (κ1) is 46.9. The number of carbonyl (C=O) groups excluding carboxylic acids is 2. The molecule has 0 amide bonds. The summed E-state index contributed by atoms with van der Waals surface area (Å²) in [5.74, 6) is 2.33. The van der Waals surface area contributed by atoms with E-state index in [-0.39, 0.29) is 23.9 Å². The van der Waals surface area contributed by atoms with Crippen molar-refractivity contribution >= 4 is 17.8 Å². The molecule has 0 aromatic carbocycles. The molecule has 0 heterocycles. The molecular formula is C40H77NO3. The first-order chi connectivity index (χ1) is 20.9. The number of aliphatic imine (C=N–C) groups is 1. The van der Waals surface area contributed by atoms with Crippen LogP contribution in [0.5, 0.6) is 0 Å². The van der Waals surface area contributed by atoms with Crippen LogP contribution in [-0.4, -0.2) is 29.0 Å². The van der Waals surface area contributed by atoms with E-state index in [0.717, 1.165) is 30.9 Å². The van der Waals surface area contributed by atoms with Gasteiger partial charge < -0.3 is 5.11 Å². The minimum absolute atomic E-state index is 0.0623. The van der Waals surface area contributed by atoms with Crippen LogP contribution in [-0.2, 0) is 9.59 Å². The molecule has 3 unspecified atom stereocenters. The molecule has 0 radical (unpaired) electrons. The van der Waals surface area contributed by atoms with E-state index in [4.69, 9.17) is 0 Å². The molecule has 2 aliphatic rings. The normalized spacial score (nSPS) is 25.6. The first-order valence-corrected chi connectivity index (χ1v) is 18.5. The number of Topliss-reactive ketones (excluding diaryl/α,β-unsaturated/α-hetero) is 2. The maximum Gasteiger partial charge on any atom is 0.143 e. The Labute approximate surface area is 276 Å². The Hall–Kier alpha value is -1.55. The predicted octanol–water partition coefficient (Wildman–Crippen LogP) is 12.1. The Kier molecular flexibility index (Phi) is 32.1. The summed E-state index contributed by atoms with van der Waals surface area (Å²) in [4.78, 5) is 29.2. The second-order valence-electron chi connectivity index (χ2n) is 13.0. The van der Waals surface area contributed by atoms with Crippen LogP contribution in [0.4, 0.5) is 0 Å². The minimum Gasteiger partial charge on any atom is -0.392 e. The molecule has 0 bridgehead atoms. The Balaban J connectivity index is -0.000000685. The number of allylic oxidation sites excluding steroid dienone is 3. The zero-order valence-corrected chi connectivity index (χ0v) is 31.8. The van der Waals surface area contributed by atoms with E-state index in [0.29, 0.717) is 18.3 Å². The van der Waals surface area contributed by atoms with Gasteiger partial charge in [-0.3, -0.25) is 14.6 Å². The molecule has 4 nitrogen and oxygen atoms in total. The van der Waals surface area contributed by atoms with Crippen molar-refractivity contribution in [3.05, 3.63) is 23.9 Å². The third-order valence-corrected chi connectivity index (χ3v) is 8.76. The molecule has 2 saturated carbocycles. The lowest BCUT2D eigenvalue weighted by molar-refractivity contribution is -0.139. The van der Waals surface area contributed by atoms with Gasteiger partial charge in [0.15, 0.2) is 0 Å². The second kappa shape index (κ2) is 30.1. The highest BCUT2D eigenvalue weighted by Gasteiger charge is 2.39. The smallest absolute Gasteiger partial charge is 0.143 e. The Morgan fingerprint density at radius 2 is 1.43 bits per heavy atom. The van der Waals surface area contributed by atoms with Crippen LogP contribution in [0.25, 0.3) is 0 Å². The van der Waals surface area contributed by atoms with Crippen LogP contribution in [0.3, 0.4) is 0 Å². The van der Waals surface area contributed by atoms with Gasteiger partial charge in [0.05, 0.1) is 11.8 Å². The van der Waals surface area contributed by atoms with E-state index in [9.17, 15) is 14.7 Å². The molecular weight excluding hydrogens is 542 g/mol. The minimum atomic E-state index is -0.876. The second-order valence-corrected chi connectivity index (χ2v) is 13.0. The van der Waals surface area contributed by atoms with Gasteiger partial charge in [-0.2, -0.15) is 0 Å². The number of ketones is 2. The van der Waals surface area contributed by atoms with Gasteiger partial charge in [0, 0.05) is 30.4 Å². The molecule has 2 fully saturated rings. The average molecular weight is 620 g/mol. The maximum absolute atomic E-state index is 12.8. The lowest BCUT2D eigenvalue weighted by atomic mass is 9.73. The summed E-state index contributed by atoms with van der Waals surface area (Å²) in [5.41, 5.74) is 0.182. The van der Waals surface area contributed by atoms with Crippen molar-refractivity contribution in [1.82, 2.24) is 0 Å². The molecule has 4 atom stereocenters. The van der Waals surface area contributed by atoms with Crippen LogP contribution < -0.4 is 0 Å². The number of aliphatic hydroxyl groups is 1. The van der Waals surface area contributed by atoms with Gasteiger partial charge in [-0.05, 0) is 56.9 Å². The van der Waals surface area contributed by atoms with Crippen molar-refractivity contribution in [2.75, 3.05) is 0 Å². The zero-order valence-electron chi connectivity index (χ0n) is 31.8. The Morgan fingerprint density at radius 3 is 1.86 bits per heavy atom. The summed E-state index contributed by atoms with van der Waals surface area (Å²) in [6.07, 6.45) is 22.4. The average Bonchev–Trinajstić information content (AvgIpc) is 2.99. The number of hydrogen-bond acceptors (Lipinski definition) is 4. The summed E-state index contributed by atoms with van der Waals surface area (Å²) < 4.78 is 0. The fourth-order valence-electron chi connectivity index (χ4n) is 5.40. The number of rotatable bonds is 4. The molecule has 0 saturated heterocycles. The van der Waals surface area contributed by atoms with Crippen molar-refractivity contribution in [2.45, 2.75) is 186 Å². The van der Waals surface area contributed by atoms with E-state index in [1.54, 1.807) is 13.8 Å². The van der Waals surface area contributed by atoms with Crippen molar-refractivity contribution in [3.63, 3.8) is 0 Å². The summed E-state index contributed by atoms with van der Waals surface area (Å²) in [5, 5.41) is 10.5. The Morgan fingerprint density at radius 1 is 0.864 bits per heavy atom. The van der Waals surface area contributed by atoms with Crippen LogP contribution in [0.2, 0.25) is 0 Å². The molecule has 2 rings (SSSR count). The van der Waals surface area contributed by atoms with Crippen molar-refractivity contribution in [3.8, 4) is 0 Å². The van der Waals surface area contributed by atoms with E-state index in [1.165, 1.54) is 57.8 Å². The molecule has 0 spiro atoms. The summed E-state index contributed by atoms with van der Waals surface area (Å²) in [6.45, 7) is 26.3. The van der Waals surface area contributed by atoms with E-state index < -0.39 is 11.5 Å². The number of aliphatic hydroxyl groups excluding tert-OH is 1. The van der Waals surface area contributed by atoms with Crippen molar-refractivity contribution in [1.29, 1.82) is 0 Å². The standard InChI is InChI=1S/C21H38O3.C9H15N.C6H12.2C2H6/c1-15-9-7-6-8-10-16(2)13-17(3)20(24)21(4,5)19(23)14-18(22)12-11-15;1-4-7-9(6-3)10-8-5-2;1-2-6-4-3-5-6;2*1-2/h15-17,19,23H,6-14H2,1-5H3;4,6-8H,5H2,1-3H3;6H,2-5H2,1H3;2*1-2H3/b;7-4-,9-6-,10-8?;;;/t15-,16?,17?,19?;;;;/m0..../s1. The van der Waals surface area contributed by atoms with E-state index in [1.807, 2.05) is 72.9 Å². The SMILES string of the molecule is C/C=C\C(=C\C)N=CCC.CC.CC.CC1CCCCC[C@H](C)CCC(=O)CC(O)C(C)(C)C(=O)C(C)C1.CCC1CCC1. The highest BCUT2D eigenvalue weighted by molar-refractivity contribution is 5.88. The largest absolute Gasteiger partial charge is 0.392 e. The van der Waals surface area contributed by atoms with E-state index in [2.05, 4.69) is 32.7 Å². The third-order valence-electron chi connectivity index (χ3n) is 8.76. The summed E-state index contributed by atoms with van der Waals surface area (Å²) in [7, 11) is 0. The van der Waals surface area contributed by atoms with Crippen LogP contribution in [0, 0.1) is 29.1 Å².